The average Bonchev–Trinajstić information content (AvgIpc) is 3.11. The minimum atomic E-state index is -1.26. The fraction of sp³-hybridized carbons (Fsp3) is 0.286. The number of aryl methyl sites for hydroxylation is 1. The molecule has 3 rings (SSSR count). The third kappa shape index (κ3) is 2.26. The van der Waals surface area contributed by atoms with E-state index in [-0.39, 0.29) is 11.5 Å². The molecule has 5 heteroatoms. The minimum absolute atomic E-state index is 0.0220. The first kappa shape index (κ1) is 12.3. The third-order valence-corrected chi connectivity index (χ3v) is 5.31. The second-order valence-corrected chi connectivity index (χ2v) is 6.56. The number of carboxylic acid groups (broad SMARTS) is 1. The van der Waals surface area contributed by atoms with Crippen molar-refractivity contribution in [2.75, 3.05) is 0 Å². The Hall–Kier alpha value is -1.75. The summed E-state index contributed by atoms with van der Waals surface area (Å²) in [4.78, 5) is 15.9. The van der Waals surface area contributed by atoms with Crippen LogP contribution in [0.25, 0.3) is 4.90 Å². The van der Waals surface area contributed by atoms with E-state index in [1.54, 1.807) is 18.4 Å². The number of halogens is 1. The number of carboxylic acids is 1. The van der Waals surface area contributed by atoms with Crippen LogP contribution in [-0.4, -0.2) is 11.0 Å². The van der Waals surface area contributed by atoms with Gasteiger partial charge in [0, 0.05) is 16.5 Å². The molecule has 0 amide bonds. The maximum Gasteiger partial charge on any atom is 0.251 e. The van der Waals surface area contributed by atoms with Gasteiger partial charge in [0.05, 0.1) is 11.9 Å². The highest BCUT2D eigenvalue weighted by molar-refractivity contribution is 7.38. The first-order chi connectivity index (χ1) is 9.06. The maximum absolute atomic E-state index is 13.6. The van der Waals surface area contributed by atoms with Crippen molar-refractivity contribution in [3.8, 4) is 4.90 Å². The number of hydrogen-bond donors (Lipinski definition) is 0. The number of aromatic nitrogens is 1. The molecule has 0 radical (unpaired) electrons. The molecule has 0 saturated heterocycles. The van der Waals surface area contributed by atoms with Crippen molar-refractivity contribution in [2.45, 2.75) is 25.7 Å². The number of thiazole rings is 1. The molecule has 3 nitrogen and oxygen atoms in total. The van der Waals surface area contributed by atoms with Gasteiger partial charge in [-0.25, -0.2) is 4.39 Å². The van der Waals surface area contributed by atoms with Crippen molar-refractivity contribution >= 4 is 16.4 Å². The predicted molar refractivity (Wildman–Crippen MR) is 69.1 cm³/mol. The molecular weight excluding hydrogens is 265 g/mol. The number of nitrogens with zero attached hydrogens (tertiary/aromatic N) is 1. The molecule has 1 aromatic heterocycles. The van der Waals surface area contributed by atoms with Crippen LogP contribution in [0.5, 0.6) is 0 Å². The van der Waals surface area contributed by atoms with Crippen LogP contribution in [0.15, 0.2) is 23.6 Å². The van der Waals surface area contributed by atoms with Gasteiger partial charge in [-0.1, -0.05) is 6.07 Å². The molecule has 1 atom stereocenters. The molecule has 1 unspecified atom stereocenters. The van der Waals surface area contributed by atoms with E-state index in [4.69, 9.17) is 0 Å². The quantitative estimate of drug-likeness (QED) is 0.810. The topological polar surface area (TPSA) is 53.0 Å². The molecule has 1 aliphatic rings. The highest BCUT2D eigenvalue weighted by atomic mass is 32.2. The molecule has 0 bridgehead atoms. The lowest BCUT2D eigenvalue weighted by molar-refractivity contribution is -0.255. The third-order valence-electron chi connectivity index (χ3n) is 3.22. The Morgan fingerprint density at radius 3 is 2.79 bits per heavy atom. The smallest absolute Gasteiger partial charge is 0.251 e. The highest BCUT2D eigenvalue weighted by Gasteiger charge is 2.37. The van der Waals surface area contributed by atoms with E-state index in [1.807, 2.05) is 6.07 Å². The molecule has 1 saturated carbocycles. The van der Waals surface area contributed by atoms with Crippen molar-refractivity contribution in [3.05, 3.63) is 45.7 Å². The van der Waals surface area contributed by atoms with E-state index in [0.29, 0.717) is 11.5 Å². The maximum atomic E-state index is 13.6. The first-order valence-corrected chi connectivity index (χ1v) is 7.36. The molecule has 1 aromatic carbocycles. The van der Waals surface area contributed by atoms with Crippen LogP contribution >= 0.6 is 10.5 Å². The zero-order valence-corrected chi connectivity index (χ0v) is 11.2. The van der Waals surface area contributed by atoms with Crippen molar-refractivity contribution in [2.24, 2.45) is 0 Å². The molecule has 1 heterocycles. The Kier molecular flexibility index (Phi) is 2.86. The number of benzene rings is 1. The molecular formula is C14H12FNO2S. The van der Waals surface area contributed by atoms with Crippen molar-refractivity contribution in [1.29, 1.82) is 0 Å². The van der Waals surface area contributed by atoms with Crippen LogP contribution in [0.1, 0.15) is 39.8 Å². The molecule has 19 heavy (non-hydrogen) atoms. The second kappa shape index (κ2) is 4.42. The SMILES string of the molecule is Cc1ccc(-[s+]2cc(C(=O)[O-])nc2C2CC2)cc1F. The predicted octanol–water partition coefficient (Wildman–Crippen LogP) is 2.51. The average molecular weight is 277 g/mol. The number of rotatable bonds is 3. The van der Waals surface area contributed by atoms with E-state index in [0.717, 1.165) is 22.7 Å². The summed E-state index contributed by atoms with van der Waals surface area (Å²) in [7, 11) is -0.538. The largest absolute Gasteiger partial charge is 0.543 e. The Labute approximate surface area is 112 Å². The van der Waals surface area contributed by atoms with E-state index < -0.39 is 16.4 Å². The Bertz CT molecular complexity index is 661. The summed E-state index contributed by atoms with van der Waals surface area (Å²) in [5.74, 6) is -1.18. The lowest BCUT2D eigenvalue weighted by atomic mass is 10.2. The molecule has 2 aromatic rings. The van der Waals surface area contributed by atoms with E-state index >= 15 is 0 Å². The normalized spacial score (nSPS) is 15.6. The summed E-state index contributed by atoms with van der Waals surface area (Å²) >= 11 is 0. The highest BCUT2D eigenvalue weighted by Crippen LogP contribution is 2.49. The van der Waals surface area contributed by atoms with E-state index in [9.17, 15) is 14.3 Å². The lowest BCUT2D eigenvalue weighted by Gasteiger charge is -1.96. The summed E-state index contributed by atoms with van der Waals surface area (Å²) < 4.78 is 13.6. The molecule has 0 aliphatic heterocycles. The summed E-state index contributed by atoms with van der Waals surface area (Å²) in [6.07, 6.45) is 2.07. The van der Waals surface area contributed by atoms with Gasteiger partial charge in [0.25, 0.3) is 5.01 Å². The van der Waals surface area contributed by atoms with Crippen LogP contribution in [0, 0.1) is 12.7 Å². The van der Waals surface area contributed by atoms with Crippen molar-refractivity contribution in [1.82, 2.24) is 4.98 Å². The van der Waals surface area contributed by atoms with Crippen molar-refractivity contribution < 1.29 is 14.3 Å². The van der Waals surface area contributed by atoms with Crippen LogP contribution in [-0.2, 0) is 0 Å². The van der Waals surface area contributed by atoms with Gasteiger partial charge in [0.15, 0.2) is 10.3 Å². The summed E-state index contributed by atoms with van der Waals surface area (Å²) in [6, 6.07) is 5.03. The van der Waals surface area contributed by atoms with Gasteiger partial charge in [0.1, 0.15) is 11.5 Å². The van der Waals surface area contributed by atoms with Crippen LogP contribution in [0.2, 0.25) is 0 Å². The molecule has 0 spiro atoms. The van der Waals surface area contributed by atoms with Gasteiger partial charge in [-0.15, -0.1) is 0 Å². The van der Waals surface area contributed by atoms with Gasteiger partial charge in [0.2, 0.25) is 0 Å². The number of aromatic carboxylic acids is 1. The van der Waals surface area contributed by atoms with Gasteiger partial charge in [-0.3, -0.25) is 0 Å². The fourth-order valence-electron chi connectivity index (χ4n) is 1.96. The summed E-state index contributed by atoms with van der Waals surface area (Å²) in [5.41, 5.74) is 0.562. The first-order valence-electron chi connectivity index (χ1n) is 6.07. The molecule has 0 N–H and O–H groups in total. The number of carbonyl (C=O) groups excluding carboxylic acids is 1. The monoisotopic (exact) mass is 277 g/mol. The lowest BCUT2D eigenvalue weighted by Crippen LogP contribution is -2.22. The molecule has 98 valence electrons. The van der Waals surface area contributed by atoms with Crippen molar-refractivity contribution in [3.63, 3.8) is 0 Å². The number of carbonyl (C=O) groups is 1. The number of hydrogen-bond acceptors (Lipinski definition) is 3. The fourth-order valence-corrected chi connectivity index (χ4v) is 4.07. The zero-order chi connectivity index (χ0) is 13.6. The summed E-state index contributed by atoms with van der Waals surface area (Å²) in [6.45, 7) is 1.70. The molecule has 1 fully saturated rings. The summed E-state index contributed by atoms with van der Waals surface area (Å²) in [5, 5.41) is 13.4. The van der Waals surface area contributed by atoms with Gasteiger partial charge >= 0.3 is 0 Å². The zero-order valence-electron chi connectivity index (χ0n) is 10.4. The van der Waals surface area contributed by atoms with E-state index in [1.165, 1.54) is 6.07 Å². The molecule has 1 aliphatic carbocycles. The Morgan fingerprint density at radius 1 is 1.47 bits per heavy atom. The van der Waals surface area contributed by atoms with Crippen LogP contribution in [0.3, 0.4) is 0 Å². The van der Waals surface area contributed by atoms with Gasteiger partial charge < -0.3 is 9.90 Å². The van der Waals surface area contributed by atoms with E-state index in [2.05, 4.69) is 4.98 Å². The van der Waals surface area contributed by atoms with Crippen LogP contribution < -0.4 is 5.11 Å². The standard InChI is InChI=1S/C14H12FNO2S/c1-8-2-5-10(6-11(8)15)19-7-12(14(17)18)16-13(19)9-3-4-9/h2,5-7,9H,3-4H2,1H3. The van der Waals surface area contributed by atoms with Crippen LogP contribution in [0.4, 0.5) is 4.39 Å². The Morgan fingerprint density at radius 2 is 2.21 bits per heavy atom. The van der Waals surface area contributed by atoms with Gasteiger partial charge in [-0.2, -0.15) is 4.98 Å². The van der Waals surface area contributed by atoms with Gasteiger partial charge in [-0.05, 0) is 31.4 Å². The minimum Gasteiger partial charge on any atom is -0.543 e. The Balaban J connectivity index is 2.12. The second-order valence-electron chi connectivity index (χ2n) is 4.76.